The molecular formula is C31H33N10O3S2+. The summed E-state index contributed by atoms with van der Waals surface area (Å²) >= 11 is 3.09. The number of nitrogens with two attached hydrogens (primary N) is 1. The molecule has 0 radical (unpaired) electrons. The topological polar surface area (TPSA) is 184 Å². The highest BCUT2D eigenvalue weighted by Gasteiger charge is 2.28. The summed E-state index contributed by atoms with van der Waals surface area (Å²) in [5, 5.41) is 19.3. The van der Waals surface area contributed by atoms with Crippen LogP contribution < -0.4 is 27.1 Å². The van der Waals surface area contributed by atoms with Crippen molar-refractivity contribution < 1.29 is 15.3 Å². The molecule has 1 aliphatic carbocycles. The molecule has 1 saturated carbocycles. The molecule has 1 aliphatic heterocycles. The Morgan fingerprint density at radius 2 is 2.02 bits per heavy atom. The number of primary amides is 1. The van der Waals surface area contributed by atoms with Crippen LogP contribution in [0.25, 0.3) is 37.1 Å². The number of H-pyrrole nitrogens is 1. The monoisotopic (exact) mass is 657 g/mol. The van der Waals surface area contributed by atoms with Crippen LogP contribution in [0, 0.1) is 0 Å². The molecule has 0 unspecified atom stereocenters. The number of nitrogens with zero attached hydrogens (tertiary/aromatic N) is 6. The summed E-state index contributed by atoms with van der Waals surface area (Å²) in [7, 11) is 0. The van der Waals surface area contributed by atoms with Gasteiger partial charge in [0.15, 0.2) is 11.1 Å². The molecule has 2 atom stereocenters. The predicted molar refractivity (Wildman–Crippen MR) is 179 cm³/mol. The van der Waals surface area contributed by atoms with E-state index in [1.54, 1.807) is 28.1 Å². The summed E-state index contributed by atoms with van der Waals surface area (Å²) in [4.78, 5) is 37.7. The van der Waals surface area contributed by atoms with Crippen molar-refractivity contribution in [1.29, 1.82) is 0 Å². The van der Waals surface area contributed by atoms with E-state index in [4.69, 9.17) is 15.5 Å². The van der Waals surface area contributed by atoms with Crippen molar-refractivity contribution in [2.24, 2.45) is 5.73 Å². The lowest BCUT2D eigenvalue weighted by Crippen LogP contribution is -2.68. The van der Waals surface area contributed by atoms with Crippen LogP contribution in [-0.4, -0.2) is 74.1 Å². The smallest absolute Gasteiger partial charge is 0.254 e. The number of fused-ring (bicyclic) bond motifs is 3. The lowest BCUT2D eigenvalue weighted by Gasteiger charge is -2.28. The van der Waals surface area contributed by atoms with Gasteiger partial charge in [-0.3, -0.25) is 14.7 Å². The highest BCUT2D eigenvalue weighted by atomic mass is 32.1. The van der Waals surface area contributed by atoms with Crippen LogP contribution in [0.2, 0.25) is 0 Å². The quantitative estimate of drug-likeness (QED) is 0.200. The van der Waals surface area contributed by atoms with Crippen molar-refractivity contribution in [2.45, 2.75) is 44.2 Å². The normalized spacial score (nSPS) is 18.9. The van der Waals surface area contributed by atoms with Gasteiger partial charge in [0.2, 0.25) is 5.95 Å². The van der Waals surface area contributed by atoms with Gasteiger partial charge >= 0.3 is 0 Å². The number of benzene rings is 1. The van der Waals surface area contributed by atoms with Gasteiger partial charge in [0.05, 0.1) is 51.1 Å². The fraction of sp³-hybridized carbons (Fsp3) is 0.355. The van der Waals surface area contributed by atoms with E-state index < -0.39 is 5.91 Å². The van der Waals surface area contributed by atoms with Crippen LogP contribution in [0.1, 0.15) is 47.3 Å². The summed E-state index contributed by atoms with van der Waals surface area (Å²) in [5.41, 5.74) is 15.1. The summed E-state index contributed by atoms with van der Waals surface area (Å²) in [6.45, 7) is 2.80. The van der Waals surface area contributed by atoms with Gasteiger partial charge in [-0.2, -0.15) is 14.7 Å². The average molecular weight is 658 g/mol. The van der Waals surface area contributed by atoms with Crippen molar-refractivity contribution in [2.75, 3.05) is 36.5 Å². The zero-order valence-corrected chi connectivity index (χ0v) is 26.6. The average Bonchev–Trinajstić information content (AvgIpc) is 3.83. The fourth-order valence-corrected chi connectivity index (χ4v) is 9.03. The SMILES string of the molecule is NC(=O)c1c(Cc2cc(-c3csc4c(=O)cc(N5CCOCC5)sc34)cc3cn[nH]c23)nc(N[C@H]2CCCC[C@H]2[NH3+])n2ncnc12. The van der Waals surface area contributed by atoms with Gasteiger partial charge in [-0.05, 0) is 36.1 Å². The van der Waals surface area contributed by atoms with E-state index in [0.29, 0.717) is 36.9 Å². The second-order valence-electron chi connectivity index (χ2n) is 11.9. The van der Waals surface area contributed by atoms with Gasteiger partial charge < -0.3 is 26.4 Å². The molecule has 46 heavy (non-hydrogen) atoms. The number of rotatable bonds is 7. The van der Waals surface area contributed by atoms with E-state index >= 15 is 0 Å². The molecule has 2 fully saturated rings. The molecule has 15 heteroatoms. The summed E-state index contributed by atoms with van der Waals surface area (Å²) in [5.74, 6) is -0.115. The Morgan fingerprint density at radius 1 is 1.17 bits per heavy atom. The number of carbonyl (C=O) groups excluding carboxylic acids is 1. The van der Waals surface area contributed by atoms with Gasteiger partial charge in [0, 0.05) is 48.3 Å². The van der Waals surface area contributed by atoms with Crippen LogP contribution in [0.15, 0.2) is 40.9 Å². The van der Waals surface area contributed by atoms with E-state index in [1.165, 1.54) is 17.7 Å². The Balaban J connectivity index is 1.24. The van der Waals surface area contributed by atoms with Crippen molar-refractivity contribution in [3.63, 3.8) is 0 Å². The molecule has 6 aromatic rings. The number of aromatic nitrogens is 6. The molecule has 1 amide bonds. The molecule has 236 valence electrons. The van der Waals surface area contributed by atoms with Crippen molar-refractivity contribution in [1.82, 2.24) is 29.8 Å². The molecule has 1 aromatic carbocycles. The van der Waals surface area contributed by atoms with Crippen LogP contribution in [0.5, 0.6) is 0 Å². The maximum Gasteiger partial charge on any atom is 0.254 e. The largest absolute Gasteiger partial charge is 0.378 e. The number of aromatic amines is 1. The molecule has 2 aliphatic rings. The van der Waals surface area contributed by atoms with Crippen LogP contribution in [0.3, 0.4) is 0 Å². The number of ether oxygens (including phenoxy) is 1. The van der Waals surface area contributed by atoms with E-state index in [2.05, 4.69) is 48.4 Å². The Labute approximate surface area is 270 Å². The Morgan fingerprint density at radius 3 is 2.85 bits per heavy atom. The van der Waals surface area contributed by atoms with Crippen LogP contribution in [-0.2, 0) is 11.2 Å². The Bertz CT molecular complexity index is 2160. The lowest BCUT2D eigenvalue weighted by atomic mass is 9.91. The second kappa shape index (κ2) is 11.7. The number of morpholine rings is 1. The molecule has 13 nitrogen and oxygen atoms in total. The Kier molecular flexibility index (Phi) is 7.39. The number of thiophene rings is 1. The number of quaternary nitrogens is 1. The van der Waals surface area contributed by atoms with Gasteiger partial charge in [0.1, 0.15) is 17.9 Å². The zero-order valence-electron chi connectivity index (χ0n) is 25.0. The molecule has 0 bridgehead atoms. The van der Waals surface area contributed by atoms with E-state index in [-0.39, 0.29) is 23.1 Å². The maximum atomic E-state index is 13.2. The van der Waals surface area contributed by atoms with Gasteiger partial charge in [0.25, 0.3) is 5.91 Å². The third-order valence-corrected chi connectivity index (χ3v) is 11.4. The Hall–Kier alpha value is -4.44. The van der Waals surface area contributed by atoms with Crippen molar-refractivity contribution >= 4 is 65.5 Å². The van der Waals surface area contributed by atoms with Gasteiger partial charge in [-0.25, -0.2) is 9.97 Å². The van der Waals surface area contributed by atoms with Gasteiger partial charge in [-0.1, -0.05) is 6.42 Å². The molecule has 7 N–H and O–H groups in total. The molecule has 6 heterocycles. The highest BCUT2D eigenvalue weighted by molar-refractivity contribution is 7.28. The number of hydrogen-bond acceptors (Lipinski definition) is 11. The molecule has 0 spiro atoms. The van der Waals surface area contributed by atoms with Crippen LogP contribution in [0.4, 0.5) is 10.9 Å². The van der Waals surface area contributed by atoms with Crippen molar-refractivity contribution in [3.05, 3.63) is 63.1 Å². The standard InChI is InChI=1S/C31H32N10O3S2/c32-20-3-1-2-4-21(20)37-31-38-22(25(29(33)43)30-34-15-36-41(30)31)11-17-9-16(10-18-13-35-39-26(17)18)19-14-45-28-23(42)12-24(46-27(19)28)40-5-7-44-8-6-40/h9-10,12-15,20-21H,1-8,11,32H2,(H2,33,43)(H,35,39)(H,37,38)/p+1/t20-,21+/m1/s1. The first kappa shape index (κ1) is 29.0. The molecule has 5 aromatic heterocycles. The zero-order chi connectivity index (χ0) is 31.4. The van der Waals surface area contributed by atoms with Crippen molar-refractivity contribution in [3.8, 4) is 11.1 Å². The number of carbonyl (C=O) groups is 1. The first-order valence-electron chi connectivity index (χ1n) is 15.4. The number of amides is 1. The summed E-state index contributed by atoms with van der Waals surface area (Å²) in [6.07, 6.45) is 7.77. The maximum absolute atomic E-state index is 13.2. The number of nitrogens with one attached hydrogen (secondary N) is 2. The third-order valence-electron chi connectivity index (χ3n) is 9.02. The van der Waals surface area contributed by atoms with E-state index in [0.717, 1.165) is 80.8 Å². The lowest BCUT2D eigenvalue weighted by molar-refractivity contribution is -0.427. The number of anilines is 2. The van der Waals surface area contributed by atoms with Crippen LogP contribution >= 0.6 is 22.7 Å². The first-order chi connectivity index (χ1) is 22.4. The fourth-order valence-electron chi connectivity index (χ4n) is 6.64. The molecule has 8 rings (SSSR count). The van der Waals surface area contributed by atoms with Gasteiger partial charge in [-0.15, -0.1) is 22.7 Å². The minimum atomic E-state index is -0.624. The molecular weight excluding hydrogens is 625 g/mol. The summed E-state index contributed by atoms with van der Waals surface area (Å²) < 4.78 is 8.78. The number of hydrogen-bond donors (Lipinski definition) is 4. The molecule has 1 saturated heterocycles. The van der Waals surface area contributed by atoms with E-state index in [1.807, 2.05) is 5.38 Å². The predicted octanol–water partition coefficient (Wildman–Crippen LogP) is 2.80. The first-order valence-corrected chi connectivity index (χ1v) is 17.1. The second-order valence-corrected chi connectivity index (χ2v) is 13.8. The highest BCUT2D eigenvalue weighted by Crippen LogP contribution is 2.40. The third kappa shape index (κ3) is 5.08. The summed E-state index contributed by atoms with van der Waals surface area (Å²) in [6, 6.07) is 6.27. The minimum Gasteiger partial charge on any atom is -0.378 e. The van der Waals surface area contributed by atoms with E-state index in [9.17, 15) is 9.59 Å². The minimum absolute atomic E-state index is 0.0236.